The standard InChI is InChI=1S/C10H17NO2/c1-4-11-7-9(2)5-10(11,6-9)8(12)13-3/h4-7H2,1-3H3. The number of esters is 1. The predicted molar refractivity (Wildman–Crippen MR) is 49.3 cm³/mol. The van der Waals surface area contributed by atoms with Crippen molar-refractivity contribution >= 4 is 5.97 Å². The monoisotopic (exact) mass is 183 g/mol. The highest BCUT2D eigenvalue weighted by molar-refractivity contribution is 5.83. The molecule has 3 fully saturated rings. The van der Waals surface area contributed by atoms with Crippen molar-refractivity contribution in [1.82, 2.24) is 4.90 Å². The topological polar surface area (TPSA) is 29.5 Å². The molecule has 74 valence electrons. The molecule has 2 heterocycles. The maximum Gasteiger partial charge on any atom is 0.326 e. The number of carbonyl (C=O) groups excluding carboxylic acids is 1. The van der Waals surface area contributed by atoms with E-state index in [1.165, 1.54) is 7.11 Å². The van der Waals surface area contributed by atoms with E-state index in [-0.39, 0.29) is 11.5 Å². The molecule has 13 heavy (non-hydrogen) atoms. The van der Waals surface area contributed by atoms with E-state index in [9.17, 15) is 4.79 Å². The second kappa shape index (κ2) is 2.47. The fraction of sp³-hybridized carbons (Fsp3) is 0.900. The summed E-state index contributed by atoms with van der Waals surface area (Å²) in [4.78, 5) is 13.9. The summed E-state index contributed by atoms with van der Waals surface area (Å²) in [5, 5.41) is 0. The first-order valence-corrected chi connectivity index (χ1v) is 4.90. The molecule has 2 aliphatic heterocycles. The van der Waals surface area contributed by atoms with E-state index in [0.717, 1.165) is 25.9 Å². The third-order valence-corrected chi connectivity index (χ3v) is 3.56. The molecule has 2 bridgehead atoms. The lowest BCUT2D eigenvalue weighted by atomic mass is 9.63. The maximum absolute atomic E-state index is 11.6. The molecule has 0 N–H and O–H groups in total. The fourth-order valence-electron chi connectivity index (χ4n) is 3.19. The zero-order chi connectivity index (χ0) is 9.69. The molecule has 3 aliphatic rings. The first kappa shape index (κ1) is 9.00. The van der Waals surface area contributed by atoms with Crippen molar-refractivity contribution in [3.8, 4) is 0 Å². The summed E-state index contributed by atoms with van der Waals surface area (Å²) in [6, 6.07) is 0. The summed E-state index contributed by atoms with van der Waals surface area (Å²) in [7, 11) is 1.49. The molecule has 0 radical (unpaired) electrons. The van der Waals surface area contributed by atoms with Gasteiger partial charge in [-0.15, -0.1) is 0 Å². The minimum Gasteiger partial charge on any atom is -0.468 e. The zero-order valence-corrected chi connectivity index (χ0v) is 8.59. The quantitative estimate of drug-likeness (QED) is 0.599. The van der Waals surface area contributed by atoms with Crippen LogP contribution in [0.5, 0.6) is 0 Å². The lowest BCUT2D eigenvalue weighted by Crippen LogP contribution is -2.55. The summed E-state index contributed by atoms with van der Waals surface area (Å²) in [6.07, 6.45) is 1.97. The number of likely N-dealkylation sites (N-methyl/N-ethyl adjacent to an activating group) is 1. The Labute approximate surface area is 79.0 Å². The van der Waals surface area contributed by atoms with E-state index < -0.39 is 0 Å². The third-order valence-electron chi connectivity index (χ3n) is 3.56. The molecular formula is C10H17NO2. The van der Waals surface area contributed by atoms with Crippen molar-refractivity contribution in [1.29, 1.82) is 0 Å². The SMILES string of the molecule is CCN1CC2(C)CC1(C(=O)OC)C2. The predicted octanol–water partition coefficient (Wildman–Crippen LogP) is 1.03. The second-order valence-electron chi connectivity index (χ2n) is 4.70. The average Bonchev–Trinajstić information content (AvgIpc) is 2.51. The van der Waals surface area contributed by atoms with Gasteiger partial charge in [0.05, 0.1) is 7.11 Å². The van der Waals surface area contributed by atoms with Crippen molar-refractivity contribution < 1.29 is 9.53 Å². The summed E-state index contributed by atoms with van der Waals surface area (Å²) in [5.74, 6) is -0.0377. The maximum atomic E-state index is 11.6. The Bertz CT molecular complexity index is 243. The van der Waals surface area contributed by atoms with Crippen LogP contribution in [-0.4, -0.2) is 36.6 Å². The van der Waals surface area contributed by atoms with Gasteiger partial charge in [0.2, 0.25) is 0 Å². The van der Waals surface area contributed by atoms with Gasteiger partial charge in [0, 0.05) is 6.54 Å². The molecule has 0 atom stereocenters. The Balaban J connectivity index is 2.21. The fourth-order valence-corrected chi connectivity index (χ4v) is 3.19. The van der Waals surface area contributed by atoms with E-state index in [1.807, 2.05) is 0 Å². The van der Waals surface area contributed by atoms with E-state index >= 15 is 0 Å². The van der Waals surface area contributed by atoms with Gasteiger partial charge < -0.3 is 4.74 Å². The summed E-state index contributed by atoms with van der Waals surface area (Å²) >= 11 is 0. The van der Waals surface area contributed by atoms with Gasteiger partial charge in [-0.25, -0.2) is 0 Å². The van der Waals surface area contributed by atoms with E-state index in [4.69, 9.17) is 4.74 Å². The van der Waals surface area contributed by atoms with E-state index in [0.29, 0.717) is 5.41 Å². The summed E-state index contributed by atoms with van der Waals surface area (Å²) in [5.41, 5.74) is 0.127. The van der Waals surface area contributed by atoms with Crippen LogP contribution in [0.4, 0.5) is 0 Å². The number of carbonyl (C=O) groups is 1. The van der Waals surface area contributed by atoms with Crippen molar-refractivity contribution in [2.24, 2.45) is 5.41 Å². The number of ether oxygens (including phenoxy) is 1. The van der Waals surface area contributed by atoms with Crippen molar-refractivity contribution in [3.05, 3.63) is 0 Å². The van der Waals surface area contributed by atoms with Gasteiger partial charge in [-0.1, -0.05) is 13.8 Å². The highest BCUT2D eigenvalue weighted by atomic mass is 16.5. The highest BCUT2D eigenvalue weighted by Crippen LogP contribution is 2.59. The molecule has 0 aromatic heterocycles. The molecule has 0 aromatic carbocycles. The van der Waals surface area contributed by atoms with Crippen LogP contribution in [-0.2, 0) is 9.53 Å². The number of rotatable bonds is 2. The molecular weight excluding hydrogens is 166 g/mol. The Morgan fingerprint density at radius 1 is 1.54 bits per heavy atom. The second-order valence-corrected chi connectivity index (χ2v) is 4.70. The summed E-state index contributed by atoms with van der Waals surface area (Å²) in [6.45, 7) is 6.36. The number of hydrogen-bond donors (Lipinski definition) is 0. The van der Waals surface area contributed by atoms with Crippen molar-refractivity contribution in [2.75, 3.05) is 20.2 Å². The minimum atomic E-state index is -0.252. The van der Waals surface area contributed by atoms with Crippen LogP contribution in [0, 0.1) is 5.41 Å². The van der Waals surface area contributed by atoms with Crippen LogP contribution in [0.15, 0.2) is 0 Å². The molecule has 1 saturated carbocycles. The Morgan fingerprint density at radius 3 is 2.62 bits per heavy atom. The number of hydrogen-bond acceptors (Lipinski definition) is 3. The average molecular weight is 183 g/mol. The van der Waals surface area contributed by atoms with Crippen molar-refractivity contribution in [2.45, 2.75) is 32.2 Å². The van der Waals surface area contributed by atoms with E-state index in [1.54, 1.807) is 0 Å². The number of nitrogens with zero attached hydrogens (tertiary/aromatic N) is 1. The molecule has 3 rings (SSSR count). The molecule has 3 heteroatoms. The third kappa shape index (κ3) is 0.966. The first-order chi connectivity index (χ1) is 6.06. The van der Waals surface area contributed by atoms with Gasteiger partial charge in [0.15, 0.2) is 0 Å². The molecule has 0 aromatic rings. The first-order valence-electron chi connectivity index (χ1n) is 4.90. The minimum absolute atomic E-state index is 0.0377. The van der Waals surface area contributed by atoms with E-state index in [2.05, 4.69) is 18.7 Å². The van der Waals surface area contributed by atoms with Crippen LogP contribution in [0.3, 0.4) is 0 Å². The highest BCUT2D eigenvalue weighted by Gasteiger charge is 2.66. The molecule has 2 saturated heterocycles. The zero-order valence-electron chi connectivity index (χ0n) is 8.59. The Morgan fingerprint density at radius 2 is 2.15 bits per heavy atom. The van der Waals surface area contributed by atoms with Crippen LogP contribution in [0.1, 0.15) is 26.7 Å². The smallest absolute Gasteiger partial charge is 0.326 e. The largest absolute Gasteiger partial charge is 0.468 e. The molecule has 0 amide bonds. The van der Waals surface area contributed by atoms with Gasteiger partial charge in [0.1, 0.15) is 5.54 Å². The molecule has 3 nitrogen and oxygen atoms in total. The van der Waals surface area contributed by atoms with Crippen LogP contribution < -0.4 is 0 Å². The summed E-state index contributed by atoms with van der Waals surface area (Å²) < 4.78 is 4.87. The Hall–Kier alpha value is -0.570. The van der Waals surface area contributed by atoms with Crippen molar-refractivity contribution in [3.63, 3.8) is 0 Å². The van der Waals surface area contributed by atoms with Crippen LogP contribution in [0.2, 0.25) is 0 Å². The van der Waals surface area contributed by atoms with Gasteiger partial charge >= 0.3 is 5.97 Å². The van der Waals surface area contributed by atoms with Gasteiger partial charge in [-0.2, -0.15) is 0 Å². The lowest BCUT2D eigenvalue weighted by Gasteiger charge is -2.43. The van der Waals surface area contributed by atoms with Crippen LogP contribution >= 0.6 is 0 Å². The number of methoxy groups -OCH3 is 1. The lowest BCUT2D eigenvalue weighted by molar-refractivity contribution is -0.158. The molecule has 0 unspecified atom stereocenters. The van der Waals surface area contributed by atoms with Gasteiger partial charge in [-0.05, 0) is 24.8 Å². The molecule has 1 aliphatic carbocycles. The normalized spacial score (nSPS) is 43.0. The van der Waals surface area contributed by atoms with Crippen LogP contribution in [0.25, 0.3) is 0 Å². The van der Waals surface area contributed by atoms with Gasteiger partial charge in [0.25, 0.3) is 0 Å². The Kier molecular flexibility index (Phi) is 1.71. The molecule has 0 spiro atoms. The van der Waals surface area contributed by atoms with Gasteiger partial charge in [-0.3, -0.25) is 9.69 Å². The number of fused-ring (bicyclic) bond motifs is 1.